The van der Waals surface area contributed by atoms with Crippen LogP contribution >= 0.6 is 0 Å². The lowest BCUT2D eigenvalue weighted by molar-refractivity contribution is 0.0173. The average Bonchev–Trinajstić information content (AvgIpc) is 2.90. The SMILES string of the molecule is CCCCCCCCC[C@H]1[C@@H](O)[C@@H](O)[C@H](CO)N1CCCCCCCCC. The third-order valence-corrected chi connectivity index (χ3v) is 6.30. The molecule has 1 saturated heterocycles. The minimum atomic E-state index is -0.811. The van der Waals surface area contributed by atoms with E-state index in [-0.39, 0.29) is 18.7 Å². The van der Waals surface area contributed by atoms with E-state index in [4.69, 9.17) is 0 Å². The smallest absolute Gasteiger partial charge is 0.0991 e. The van der Waals surface area contributed by atoms with E-state index >= 15 is 0 Å². The summed E-state index contributed by atoms with van der Waals surface area (Å²) in [5, 5.41) is 30.6. The lowest BCUT2D eigenvalue weighted by Crippen LogP contribution is -2.42. The molecule has 27 heavy (non-hydrogen) atoms. The molecule has 1 fully saturated rings. The molecule has 3 N–H and O–H groups in total. The van der Waals surface area contributed by atoms with Crippen LogP contribution < -0.4 is 0 Å². The summed E-state index contributed by atoms with van der Waals surface area (Å²) >= 11 is 0. The quantitative estimate of drug-likeness (QED) is 0.319. The largest absolute Gasteiger partial charge is 0.395 e. The van der Waals surface area contributed by atoms with E-state index in [1.807, 2.05) is 0 Å². The Bertz CT molecular complexity index is 340. The Kier molecular flexibility index (Phi) is 14.5. The number of aliphatic hydroxyl groups is 3. The first-order valence-electron chi connectivity index (χ1n) is 11.9. The zero-order valence-electron chi connectivity index (χ0n) is 18.1. The summed E-state index contributed by atoms with van der Waals surface area (Å²) in [5.74, 6) is 0. The van der Waals surface area contributed by atoms with Crippen molar-refractivity contribution in [3.05, 3.63) is 0 Å². The van der Waals surface area contributed by atoms with Gasteiger partial charge in [-0.15, -0.1) is 0 Å². The fourth-order valence-corrected chi connectivity index (χ4v) is 4.54. The molecule has 0 saturated carbocycles. The monoisotopic (exact) mass is 385 g/mol. The Morgan fingerprint density at radius 1 is 0.593 bits per heavy atom. The van der Waals surface area contributed by atoms with Gasteiger partial charge in [-0.1, -0.05) is 97.3 Å². The first-order valence-corrected chi connectivity index (χ1v) is 11.9. The van der Waals surface area contributed by atoms with Gasteiger partial charge < -0.3 is 15.3 Å². The highest BCUT2D eigenvalue weighted by molar-refractivity contribution is 5.00. The maximum Gasteiger partial charge on any atom is 0.0991 e. The Hall–Kier alpha value is -0.160. The molecule has 1 aliphatic heterocycles. The summed E-state index contributed by atoms with van der Waals surface area (Å²) in [4.78, 5) is 2.21. The van der Waals surface area contributed by atoms with Gasteiger partial charge in [-0.3, -0.25) is 4.90 Å². The molecule has 0 aromatic heterocycles. The summed E-state index contributed by atoms with van der Waals surface area (Å²) in [5.41, 5.74) is 0. The van der Waals surface area contributed by atoms with Crippen LogP contribution in [0.4, 0.5) is 0 Å². The van der Waals surface area contributed by atoms with Gasteiger partial charge in [0.2, 0.25) is 0 Å². The summed E-state index contributed by atoms with van der Waals surface area (Å²) < 4.78 is 0. The van der Waals surface area contributed by atoms with E-state index in [0.717, 1.165) is 25.8 Å². The molecule has 1 aliphatic rings. The second kappa shape index (κ2) is 15.7. The molecule has 0 aromatic carbocycles. The van der Waals surface area contributed by atoms with Crippen molar-refractivity contribution in [3.8, 4) is 0 Å². The van der Waals surface area contributed by atoms with Gasteiger partial charge in [0.15, 0.2) is 0 Å². The molecule has 1 heterocycles. The van der Waals surface area contributed by atoms with Crippen LogP contribution in [0.3, 0.4) is 0 Å². The molecule has 1 rings (SSSR count). The second-order valence-corrected chi connectivity index (χ2v) is 8.57. The van der Waals surface area contributed by atoms with Crippen LogP contribution in [0.5, 0.6) is 0 Å². The van der Waals surface area contributed by atoms with Gasteiger partial charge in [0.1, 0.15) is 0 Å². The lowest BCUT2D eigenvalue weighted by Gasteiger charge is -2.29. The summed E-state index contributed by atoms with van der Waals surface area (Å²) in [7, 11) is 0. The van der Waals surface area contributed by atoms with Gasteiger partial charge in [0, 0.05) is 6.04 Å². The van der Waals surface area contributed by atoms with Gasteiger partial charge in [-0.25, -0.2) is 0 Å². The minimum absolute atomic E-state index is 0.00730. The van der Waals surface area contributed by atoms with Crippen LogP contribution in [-0.2, 0) is 0 Å². The van der Waals surface area contributed by atoms with Crippen LogP contribution in [-0.4, -0.2) is 57.7 Å². The van der Waals surface area contributed by atoms with E-state index in [0.29, 0.717) is 0 Å². The van der Waals surface area contributed by atoms with Gasteiger partial charge in [0.25, 0.3) is 0 Å². The predicted molar refractivity (Wildman–Crippen MR) is 114 cm³/mol. The topological polar surface area (TPSA) is 63.9 Å². The Morgan fingerprint density at radius 2 is 1.04 bits per heavy atom. The lowest BCUT2D eigenvalue weighted by atomic mass is 10.0. The van der Waals surface area contributed by atoms with E-state index in [9.17, 15) is 15.3 Å². The van der Waals surface area contributed by atoms with Gasteiger partial charge in [-0.05, 0) is 19.4 Å². The Morgan fingerprint density at radius 3 is 1.56 bits per heavy atom. The number of nitrogens with zero attached hydrogens (tertiary/aromatic N) is 1. The molecule has 0 spiro atoms. The summed E-state index contributed by atoms with van der Waals surface area (Å²) in [6, 6.07) is -0.289. The maximum absolute atomic E-state index is 10.5. The van der Waals surface area contributed by atoms with Crippen molar-refractivity contribution in [1.82, 2.24) is 4.90 Å². The highest BCUT2D eigenvalue weighted by Gasteiger charge is 2.46. The van der Waals surface area contributed by atoms with Crippen molar-refractivity contribution in [2.45, 2.75) is 134 Å². The van der Waals surface area contributed by atoms with Gasteiger partial charge >= 0.3 is 0 Å². The van der Waals surface area contributed by atoms with Crippen molar-refractivity contribution in [2.24, 2.45) is 0 Å². The van der Waals surface area contributed by atoms with Gasteiger partial charge in [-0.2, -0.15) is 0 Å². The molecule has 4 heteroatoms. The molecule has 0 bridgehead atoms. The zero-order valence-corrected chi connectivity index (χ0v) is 18.1. The number of unbranched alkanes of at least 4 members (excludes halogenated alkanes) is 12. The number of hydrogen-bond acceptors (Lipinski definition) is 4. The molecule has 0 aliphatic carbocycles. The predicted octanol–water partition coefficient (Wildman–Crippen LogP) is 4.64. The third kappa shape index (κ3) is 9.25. The molecule has 0 aromatic rings. The summed E-state index contributed by atoms with van der Waals surface area (Å²) in [6.07, 6.45) is 17.1. The number of hydrogen-bond donors (Lipinski definition) is 3. The third-order valence-electron chi connectivity index (χ3n) is 6.30. The van der Waals surface area contributed by atoms with Crippen molar-refractivity contribution in [2.75, 3.05) is 13.2 Å². The zero-order chi connectivity index (χ0) is 19.9. The Labute approximate surface area is 168 Å². The van der Waals surface area contributed by atoms with E-state index in [1.54, 1.807) is 0 Å². The molecule has 0 radical (unpaired) electrons. The first-order chi connectivity index (χ1) is 13.2. The van der Waals surface area contributed by atoms with Gasteiger partial charge in [0.05, 0.1) is 24.9 Å². The normalized spacial score (nSPS) is 26.1. The number of rotatable bonds is 17. The van der Waals surface area contributed by atoms with E-state index < -0.39 is 12.2 Å². The molecule has 4 nitrogen and oxygen atoms in total. The van der Waals surface area contributed by atoms with Crippen molar-refractivity contribution < 1.29 is 15.3 Å². The molecular weight excluding hydrogens is 338 g/mol. The van der Waals surface area contributed by atoms with Crippen LogP contribution in [0.15, 0.2) is 0 Å². The molecular formula is C23H47NO3. The molecule has 4 atom stereocenters. The van der Waals surface area contributed by atoms with E-state index in [2.05, 4.69) is 18.7 Å². The second-order valence-electron chi connectivity index (χ2n) is 8.57. The van der Waals surface area contributed by atoms with Crippen LogP contribution in [0, 0.1) is 0 Å². The first kappa shape index (κ1) is 24.9. The van der Waals surface area contributed by atoms with Crippen LogP contribution in [0.1, 0.15) is 110 Å². The number of likely N-dealkylation sites (tertiary alicyclic amines) is 1. The van der Waals surface area contributed by atoms with Crippen LogP contribution in [0.2, 0.25) is 0 Å². The minimum Gasteiger partial charge on any atom is -0.395 e. The van der Waals surface area contributed by atoms with Crippen LogP contribution in [0.25, 0.3) is 0 Å². The molecule has 0 amide bonds. The van der Waals surface area contributed by atoms with Crippen molar-refractivity contribution >= 4 is 0 Å². The van der Waals surface area contributed by atoms with Crippen molar-refractivity contribution in [1.29, 1.82) is 0 Å². The highest BCUT2D eigenvalue weighted by atomic mass is 16.3. The maximum atomic E-state index is 10.5. The standard InChI is InChI=1S/C23H47NO3/c1-3-5-7-9-11-13-15-17-20-22(26)23(27)21(19-25)24(20)18-16-14-12-10-8-6-4-2/h20-23,25-27H,3-19H2,1-2H3/t20-,21-,22+,23-/m0/s1. The highest BCUT2D eigenvalue weighted by Crippen LogP contribution is 2.29. The van der Waals surface area contributed by atoms with E-state index in [1.165, 1.54) is 77.0 Å². The average molecular weight is 386 g/mol. The fraction of sp³-hybridized carbons (Fsp3) is 1.00. The molecule has 0 unspecified atom stereocenters. The number of aliphatic hydroxyl groups excluding tert-OH is 3. The fourth-order valence-electron chi connectivity index (χ4n) is 4.54. The summed E-state index contributed by atoms with van der Waals surface area (Å²) in [6.45, 7) is 5.30. The Balaban J connectivity index is 2.33. The molecule has 162 valence electrons. The van der Waals surface area contributed by atoms with Crippen molar-refractivity contribution in [3.63, 3.8) is 0 Å².